The number of hydrogen-bond acceptors (Lipinski definition) is 4. The summed E-state index contributed by atoms with van der Waals surface area (Å²) in [5, 5.41) is 6.79. The lowest BCUT2D eigenvalue weighted by molar-refractivity contribution is -0.133. The van der Waals surface area contributed by atoms with Gasteiger partial charge in [0.25, 0.3) is 0 Å². The molecule has 0 aliphatic carbocycles. The van der Waals surface area contributed by atoms with Crippen LogP contribution in [0.5, 0.6) is 5.75 Å². The van der Waals surface area contributed by atoms with E-state index in [1.165, 1.54) is 0 Å². The molecule has 1 aromatic carbocycles. The van der Waals surface area contributed by atoms with Crippen LogP contribution in [0, 0.1) is 5.92 Å². The molecule has 0 saturated carbocycles. The molecule has 1 aromatic rings. The highest BCUT2D eigenvalue weighted by Gasteiger charge is 2.27. The quantitative estimate of drug-likeness (QED) is 0.487. The fourth-order valence-electron chi connectivity index (χ4n) is 3.21. The van der Waals surface area contributed by atoms with Crippen molar-refractivity contribution in [2.75, 3.05) is 46.9 Å². The molecule has 0 radical (unpaired) electrons. The molecule has 1 fully saturated rings. The standard InChI is InChI=1S/C22H37N5O2/c1-6-23-22(25-19-10-11-27(16-19)21(28)17(2)3)24-15-18-8-7-9-20(14-18)29-13-12-26(4)5/h7-9,14,17,19H,6,10-13,15-16H2,1-5H3,(H2,23,24,25). The Morgan fingerprint density at radius 2 is 2.17 bits per heavy atom. The summed E-state index contributed by atoms with van der Waals surface area (Å²) < 4.78 is 5.81. The summed E-state index contributed by atoms with van der Waals surface area (Å²) in [4.78, 5) is 21.0. The normalized spacial score (nSPS) is 17.1. The van der Waals surface area contributed by atoms with Gasteiger partial charge < -0.3 is 25.2 Å². The van der Waals surface area contributed by atoms with Crippen molar-refractivity contribution in [3.8, 4) is 5.75 Å². The van der Waals surface area contributed by atoms with E-state index < -0.39 is 0 Å². The van der Waals surface area contributed by atoms with Gasteiger partial charge in [0, 0.05) is 38.1 Å². The van der Waals surface area contributed by atoms with Crippen molar-refractivity contribution in [1.82, 2.24) is 20.4 Å². The second kappa shape index (κ2) is 11.7. The van der Waals surface area contributed by atoms with E-state index in [1.54, 1.807) is 0 Å². The zero-order valence-electron chi connectivity index (χ0n) is 18.6. The van der Waals surface area contributed by atoms with Crippen LogP contribution < -0.4 is 15.4 Å². The summed E-state index contributed by atoms with van der Waals surface area (Å²) >= 11 is 0. The van der Waals surface area contributed by atoms with E-state index in [-0.39, 0.29) is 17.9 Å². The summed E-state index contributed by atoms with van der Waals surface area (Å²) in [6.07, 6.45) is 0.943. The maximum Gasteiger partial charge on any atom is 0.225 e. The first kappa shape index (κ1) is 23.0. The SMILES string of the molecule is CCNC(=NCc1cccc(OCCN(C)C)c1)NC1CCN(C(=O)C(C)C)C1. The van der Waals surface area contributed by atoms with Crippen molar-refractivity contribution in [3.05, 3.63) is 29.8 Å². The second-order valence-corrected chi connectivity index (χ2v) is 8.06. The number of likely N-dealkylation sites (tertiary alicyclic amines) is 1. The van der Waals surface area contributed by atoms with Gasteiger partial charge in [0.2, 0.25) is 5.91 Å². The van der Waals surface area contributed by atoms with Gasteiger partial charge >= 0.3 is 0 Å². The molecule has 0 aromatic heterocycles. The summed E-state index contributed by atoms with van der Waals surface area (Å²) in [6.45, 7) is 10.4. The van der Waals surface area contributed by atoms with E-state index in [9.17, 15) is 4.79 Å². The molecule has 7 heteroatoms. The van der Waals surface area contributed by atoms with Gasteiger partial charge in [-0.2, -0.15) is 0 Å². The summed E-state index contributed by atoms with van der Waals surface area (Å²) in [6, 6.07) is 8.32. The average Bonchev–Trinajstić information content (AvgIpc) is 3.14. The van der Waals surface area contributed by atoms with Crippen molar-refractivity contribution in [2.45, 2.75) is 39.8 Å². The third kappa shape index (κ3) is 7.93. The van der Waals surface area contributed by atoms with Crippen molar-refractivity contribution in [2.24, 2.45) is 10.9 Å². The largest absolute Gasteiger partial charge is 0.492 e. The molecule has 2 rings (SSSR count). The van der Waals surface area contributed by atoms with E-state index in [1.807, 2.05) is 51.0 Å². The Morgan fingerprint density at radius 1 is 1.38 bits per heavy atom. The van der Waals surface area contributed by atoms with Crippen LogP contribution in [-0.2, 0) is 11.3 Å². The highest BCUT2D eigenvalue weighted by atomic mass is 16.5. The highest BCUT2D eigenvalue weighted by molar-refractivity contribution is 5.81. The predicted molar refractivity (Wildman–Crippen MR) is 118 cm³/mol. The molecule has 29 heavy (non-hydrogen) atoms. The van der Waals surface area contributed by atoms with E-state index in [0.717, 1.165) is 49.9 Å². The Labute approximate surface area is 175 Å². The average molecular weight is 404 g/mol. The topological polar surface area (TPSA) is 69.2 Å². The van der Waals surface area contributed by atoms with Gasteiger partial charge in [0.15, 0.2) is 5.96 Å². The number of ether oxygens (including phenoxy) is 1. The lowest BCUT2D eigenvalue weighted by atomic mass is 10.2. The van der Waals surface area contributed by atoms with Crippen LogP contribution in [0.4, 0.5) is 0 Å². The first-order valence-corrected chi connectivity index (χ1v) is 10.6. The van der Waals surface area contributed by atoms with E-state index in [2.05, 4.69) is 28.5 Å². The number of hydrogen-bond donors (Lipinski definition) is 2. The van der Waals surface area contributed by atoms with Gasteiger partial charge in [-0.05, 0) is 45.1 Å². The Bertz CT molecular complexity index is 675. The van der Waals surface area contributed by atoms with Gasteiger partial charge in [-0.25, -0.2) is 4.99 Å². The molecule has 0 bridgehead atoms. The minimum Gasteiger partial charge on any atom is -0.492 e. The third-order valence-electron chi connectivity index (χ3n) is 4.80. The van der Waals surface area contributed by atoms with E-state index >= 15 is 0 Å². The molecule has 0 spiro atoms. The third-order valence-corrected chi connectivity index (χ3v) is 4.80. The number of benzene rings is 1. The van der Waals surface area contributed by atoms with Gasteiger partial charge in [-0.3, -0.25) is 4.79 Å². The van der Waals surface area contributed by atoms with Crippen LogP contribution in [0.15, 0.2) is 29.3 Å². The van der Waals surface area contributed by atoms with Crippen molar-refractivity contribution in [1.29, 1.82) is 0 Å². The lowest BCUT2D eigenvalue weighted by Crippen LogP contribution is -2.45. The summed E-state index contributed by atoms with van der Waals surface area (Å²) in [5.74, 6) is 1.93. The number of aliphatic imine (C=N–C) groups is 1. The van der Waals surface area contributed by atoms with E-state index in [4.69, 9.17) is 9.73 Å². The van der Waals surface area contributed by atoms with E-state index in [0.29, 0.717) is 13.2 Å². The molecule has 7 nitrogen and oxygen atoms in total. The fourth-order valence-corrected chi connectivity index (χ4v) is 3.21. The van der Waals surface area contributed by atoms with Gasteiger partial charge in [0.05, 0.1) is 6.54 Å². The van der Waals surface area contributed by atoms with Gasteiger partial charge in [-0.1, -0.05) is 26.0 Å². The molecule has 1 unspecified atom stereocenters. The molecule has 1 aliphatic rings. The monoisotopic (exact) mass is 403 g/mol. The zero-order chi connectivity index (χ0) is 21.2. The Morgan fingerprint density at radius 3 is 2.86 bits per heavy atom. The molecular weight excluding hydrogens is 366 g/mol. The van der Waals surface area contributed by atoms with Crippen LogP contribution in [0.2, 0.25) is 0 Å². The number of amides is 1. The zero-order valence-corrected chi connectivity index (χ0v) is 18.6. The minimum atomic E-state index is 0.0443. The number of guanidine groups is 1. The maximum atomic E-state index is 12.2. The van der Waals surface area contributed by atoms with Crippen LogP contribution in [-0.4, -0.2) is 74.6 Å². The number of carbonyl (C=O) groups is 1. The Kier molecular flexibility index (Phi) is 9.25. The smallest absolute Gasteiger partial charge is 0.225 e. The van der Waals surface area contributed by atoms with Crippen LogP contribution in [0.25, 0.3) is 0 Å². The minimum absolute atomic E-state index is 0.0443. The van der Waals surface area contributed by atoms with Crippen molar-refractivity contribution >= 4 is 11.9 Å². The molecule has 1 saturated heterocycles. The number of carbonyl (C=O) groups excluding carboxylic acids is 1. The number of nitrogens with zero attached hydrogens (tertiary/aromatic N) is 3. The second-order valence-electron chi connectivity index (χ2n) is 8.06. The first-order chi connectivity index (χ1) is 13.9. The number of nitrogens with one attached hydrogen (secondary N) is 2. The molecule has 1 amide bonds. The van der Waals surface area contributed by atoms with Gasteiger partial charge in [-0.15, -0.1) is 0 Å². The van der Waals surface area contributed by atoms with Gasteiger partial charge in [0.1, 0.15) is 12.4 Å². The van der Waals surface area contributed by atoms with Crippen LogP contribution in [0.3, 0.4) is 0 Å². The Balaban J connectivity index is 1.91. The highest BCUT2D eigenvalue weighted by Crippen LogP contribution is 2.15. The molecular formula is C22H37N5O2. The van der Waals surface area contributed by atoms with Crippen LogP contribution in [0.1, 0.15) is 32.8 Å². The molecule has 162 valence electrons. The fraction of sp³-hybridized carbons (Fsp3) is 0.636. The Hall–Kier alpha value is -2.28. The van der Waals surface area contributed by atoms with Crippen molar-refractivity contribution in [3.63, 3.8) is 0 Å². The number of likely N-dealkylation sites (N-methyl/N-ethyl adjacent to an activating group) is 1. The molecule has 1 aliphatic heterocycles. The summed E-state index contributed by atoms with van der Waals surface area (Å²) in [5.41, 5.74) is 1.10. The molecule has 1 atom stereocenters. The summed E-state index contributed by atoms with van der Waals surface area (Å²) in [7, 11) is 4.07. The molecule has 1 heterocycles. The first-order valence-electron chi connectivity index (χ1n) is 10.6. The lowest BCUT2D eigenvalue weighted by Gasteiger charge is -2.20. The number of rotatable bonds is 9. The predicted octanol–water partition coefficient (Wildman–Crippen LogP) is 1.94. The maximum absolute atomic E-state index is 12.2. The molecule has 2 N–H and O–H groups in total. The van der Waals surface area contributed by atoms with Crippen molar-refractivity contribution < 1.29 is 9.53 Å². The van der Waals surface area contributed by atoms with Crippen LogP contribution >= 0.6 is 0 Å².